The van der Waals surface area contributed by atoms with E-state index in [1.165, 1.54) is 20.0 Å². The van der Waals surface area contributed by atoms with Gasteiger partial charge in [0, 0.05) is 19.7 Å². The Bertz CT molecular complexity index is 157. The highest BCUT2D eigenvalue weighted by Crippen LogP contribution is 2.31. The van der Waals surface area contributed by atoms with Crippen molar-refractivity contribution in [2.45, 2.75) is 18.9 Å². The second kappa shape index (κ2) is 4.42. The lowest BCUT2D eigenvalue weighted by Gasteiger charge is -2.10. The van der Waals surface area contributed by atoms with Crippen LogP contribution in [0.3, 0.4) is 0 Å². The molecule has 4 nitrogen and oxygen atoms in total. The number of methoxy groups -OCH3 is 1. The van der Waals surface area contributed by atoms with Gasteiger partial charge in [-0.2, -0.15) is 0 Å². The summed E-state index contributed by atoms with van der Waals surface area (Å²) in [6, 6.07) is 0.130. The standard InChI is InChI=1S/C8H16N2O2/c1-12-5-8(11)10-4-7(9)6-2-3-6/h6-7H,2-5,9H2,1H3,(H,10,11). The predicted octanol–water partition coefficient (Wildman–Crippen LogP) is -0.514. The highest BCUT2D eigenvalue weighted by atomic mass is 16.5. The molecular weight excluding hydrogens is 156 g/mol. The molecule has 1 saturated carbocycles. The number of carbonyl (C=O) groups excluding carboxylic acids is 1. The minimum Gasteiger partial charge on any atom is -0.375 e. The number of rotatable bonds is 5. The molecule has 1 aliphatic rings. The fourth-order valence-corrected chi connectivity index (χ4v) is 1.10. The molecule has 0 saturated heterocycles. The van der Waals surface area contributed by atoms with E-state index in [1.807, 2.05) is 0 Å². The van der Waals surface area contributed by atoms with Gasteiger partial charge in [-0.05, 0) is 18.8 Å². The summed E-state index contributed by atoms with van der Waals surface area (Å²) in [4.78, 5) is 10.9. The molecule has 1 rings (SSSR count). The Kier molecular flexibility index (Phi) is 3.49. The molecule has 4 heteroatoms. The van der Waals surface area contributed by atoms with E-state index in [1.54, 1.807) is 0 Å². The first-order chi connectivity index (χ1) is 5.74. The average Bonchev–Trinajstić information content (AvgIpc) is 2.83. The number of hydrogen-bond donors (Lipinski definition) is 2. The highest BCUT2D eigenvalue weighted by molar-refractivity contribution is 5.77. The first-order valence-corrected chi connectivity index (χ1v) is 4.25. The quantitative estimate of drug-likeness (QED) is 0.587. The maximum atomic E-state index is 10.9. The Hall–Kier alpha value is -0.610. The van der Waals surface area contributed by atoms with E-state index in [4.69, 9.17) is 5.73 Å². The van der Waals surface area contributed by atoms with Crippen LogP contribution in [0.25, 0.3) is 0 Å². The van der Waals surface area contributed by atoms with Gasteiger partial charge in [-0.15, -0.1) is 0 Å². The van der Waals surface area contributed by atoms with Crippen LogP contribution in [-0.2, 0) is 9.53 Å². The summed E-state index contributed by atoms with van der Waals surface area (Å²) < 4.78 is 4.66. The lowest BCUT2D eigenvalue weighted by atomic mass is 10.2. The van der Waals surface area contributed by atoms with Crippen LogP contribution in [0.1, 0.15) is 12.8 Å². The zero-order chi connectivity index (χ0) is 8.97. The molecule has 0 radical (unpaired) electrons. The van der Waals surface area contributed by atoms with Crippen LogP contribution in [0.5, 0.6) is 0 Å². The minimum atomic E-state index is -0.0893. The molecule has 1 atom stereocenters. The molecule has 0 aromatic heterocycles. The fourth-order valence-electron chi connectivity index (χ4n) is 1.10. The third-order valence-electron chi connectivity index (χ3n) is 2.04. The van der Waals surface area contributed by atoms with E-state index in [2.05, 4.69) is 10.1 Å². The topological polar surface area (TPSA) is 64.3 Å². The molecule has 3 N–H and O–H groups in total. The van der Waals surface area contributed by atoms with Crippen molar-refractivity contribution in [1.29, 1.82) is 0 Å². The summed E-state index contributed by atoms with van der Waals surface area (Å²) in [5.41, 5.74) is 5.77. The molecule has 1 aliphatic carbocycles. The van der Waals surface area contributed by atoms with Gasteiger partial charge in [0.2, 0.25) is 5.91 Å². The molecule has 0 aromatic rings. The maximum absolute atomic E-state index is 10.9. The first-order valence-electron chi connectivity index (χ1n) is 4.25. The molecule has 70 valence electrons. The Morgan fingerprint density at radius 2 is 2.42 bits per heavy atom. The van der Waals surface area contributed by atoms with Crippen LogP contribution >= 0.6 is 0 Å². The number of ether oxygens (including phenoxy) is 1. The lowest BCUT2D eigenvalue weighted by molar-refractivity contribution is -0.124. The third kappa shape index (κ3) is 3.19. The molecule has 0 aliphatic heterocycles. The zero-order valence-corrected chi connectivity index (χ0v) is 7.38. The van der Waals surface area contributed by atoms with Gasteiger partial charge in [0.1, 0.15) is 6.61 Å². The normalized spacial score (nSPS) is 18.8. The van der Waals surface area contributed by atoms with Crippen LogP contribution in [0, 0.1) is 5.92 Å². The van der Waals surface area contributed by atoms with E-state index in [9.17, 15) is 4.79 Å². The third-order valence-corrected chi connectivity index (χ3v) is 2.04. The van der Waals surface area contributed by atoms with E-state index in [0.717, 1.165) is 0 Å². The first kappa shape index (κ1) is 9.48. The van der Waals surface area contributed by atoms with Crippen molar-refractivity contribution < 1.29 is 9.53 Å². The van der Waals surface area contributed by atoms with Crippen molar-refractivity contribution in [1.82, 2.24) is 5.32 Å². The van der Waals surface area contributed by atoms with Gasteiger partial charge >= 0.3 is 0 Å². The van der Waals surface area contributed by atoms with E-state index in [-0.39, 0.29) is 18.6 Å². The van der Waals surface area contributed by atoms with Crippen molar-refractivity contribution in [3.8, 4) is 0 Å². The van der Waals surface area contributed by atoms with Gasteiger partial charge in [-0.1, -0.05) is 0 Å². The van der Waals surface area contributed by atoms with Crippen molar-refractivity contribution in [3.05, 3.63) is 0 Å². The Morgan fingerprint density at radius 1 is 1.75 bits per heavy atom. The van der Waals surface area contributed by atoms with Gasteiger partial charge in [-0.3, -0.25) is 4.79 Å². The summed E-state index contributed by atoms with van der Waals surface area (Å²) in [7, 11) is 1.50. The lowest BCUT2D eigenvalue weighted by Crippen LogP contribution is -2.39. The number of hydrogen-bond acceptors (Lipinski definition) is 3. The molecule has 1 fully saturated rings. The van der Waals surface area contributed by atoms with Crippen LogP contribution in [-0.4, -0.2) is 32.2 Å². The van der Waals surface area contributed by atoms with E-state index >= 15 is 0 Å². The van der Waals surface area contributed by atoms with Crippen molar-refractivity contribution in [2.75, 3.05) is 20.3 Å². The smallest absolute Gasteiger partial charge is 0.246 e. The molecule has 1 amide bonds. The predicted molar refractivity (Wildman–Crippen MR) is 45.6 cm³/mol. The summed E-state index contributed by atoms with van der Waals surface area (Å²) in [5, 5.41) is 2.72. The highest BCUT2D eigenvalue weighted by Gasteiger charge is 2.28. The van der Waals surface area contributed by atoms with Crippen molar-refractivity contribution >= 4 is 5.91 Å². The Morgan fingerprint density at radius 3 is 2.92 bits per heavy atom. The van der Waals surface area contributed by atoms with Crippen molar-refractivity contribution in [2.24, 2.45) is 11.7 Å². The van der Waals surface area contributed by atoms with Crippen LogP contribution in [0.4, 0.5) is 0 Å². The molecule has 0 heterocycles. The second-order valence-electron chi connectivity index (χ2n) is 3.24. The Balaban J connectivity index is 2.03. The van der Waals surface area contributed by atoms with Gasteiger partial charge in [0.15, 0.2) is 0 Å². The SMILES string of the molecule is COCC(=O)NCC(N)C1CC1. The monoisotopic (exact) mass is 172 g/mol. The molecule has 0 aromatic carbocycles. The largest absolute Gasteiger partial charge is 0.375 e. The minimum absolute atomic E-state index is 0.0893. The van der Waals surface area contributed by atoms with Crippen molar-refractivity contribution in [3.63, 3.8) is 0 Å². The maximum Gasteiger partial charge on any atom is 0.246 e. The van der Waals surface area contributed by atoms with Gasteiger partial charge in [-0.25, -0.2) is 0 Å². The van der Waals surface area contributed by atoms with Gasteiger partial charge in [0.25, 0.3) is 0 Å². The van der Waals surface area contributed by atoms with Gasteiger partial charge in [0.05, 0.1) is 0 Å². The molecular formula is C8H16N2O2. The van der Waals surface area contributed by atoms with E-state index in [0.29, 0.717) is 12.5 Å². The number of nitrogens with one attached hydrogen (secondary N) is 1. The summed E-state index contributed by atoms with van der Waals surface area (Å²) in [5.74, 6) is 0.543. The van der Waals surface area contributed by atoms with Gasteiger partial charge < -0.3 is 15.8 Å². The van der Waals surface area contributed by atoms with Crippen LogP contribution in [0.15, 0.2) is 0 Å². The number of amides is 1. The summed E-state index contributed by atoms with van der Waals surface area (Å²) >= 11 is 0. The Labute approximate surface area is 72.5 Å². The average molecular weight is 172 g/mol. The molecule has 0 spiro atoms. The van der Waals surface area contributed by atoms with Crippen LogP contribution in [0.2, 0.25) is 0 Å². The summed E-state index contributed by atoms with van der Waals surface area (Å²) in [6.45, 7) is 0.699. The van der Waals surface area contributed by atoms with E-state index < -0.39 is 0 Å². The zero-order valence-electron chi connectivity index (χ0n) is 7.38. The number of nitrogens with two attached hydrogens (primary N) is 1. The number of carbonyl (C=O) groups is 1. The van der Waals surface area contributed by atoms with Crippen LogP contribution < -0.4 is 11.1 Å². The molecule has 0 bridgehead atoms. The molecule has 1 unspecified atom stereocenters. The summed E-state index contributed by atoms with van der Waals surface area (Å²) in [6.07, 6.45) is 2.42. The molecule has 12 heavy (non-hydrogen) atoms. The fraction of sp³-hybridized carbons (Fsp3) is 0.875. The second-order valence-corrected chi connectivity index (χ2v) is 3.24.